The maximum atomic E-state index is 14.3. The Morgan fingerprint density at radius 1 is 0.261 bits per heavy atom. The van der Waals surface area contributed by atoms with Crippen molar-refractivity contribution in [1.82, 2.24) is 31.1 Å². The van der Waals surface area contributed by atoms with Gasteiger partial charge in [0.25, 0.3) is 11.8 Å². The van der Waals surface area contributed by atoms with Crippen molar-refractivity contribution in [3.05, 3.63) is 35.4 Å². The van der Waals surface area contributed by atoms with Crippen molar-refractivity contribution in [2.45, 2.75) is 336 Å². The lowest BCUT2D eigenvalue weighted by Crippen LogP contribution is -2.42. The molecule has 3 rings (SSSR count). The first-order valence-electron chi connectivity index (χ1n) is 38.0. The Hall–Kier alpha value is -3.96. The van der Waals surface area contributed by atoms with E-state index in [-0.39, 0.29) is 61.6 Å². The molecule has 12 heteroatoms. The third-order valence-corrected chi connectivity index (χ3v) is 19.3. The summed E-state index contributed by atoms with van der Waals surface area (Å²) < 4.78 is 0. The van der Waals surface area contributed by atoms with E-state index in [4.69, 9.17) is 0 Å². The summed E-state index contributed by atoms with van der Waals surface area (Å²) in [7, 11) is 0. The van der Waals surface area contributed by atoms with Crippen LogP contribution in [-0.4, -0.2) is 97.6 Å². The zero-order valence-corrected chi connectivity index (χ0v) is 57.6. The lowest BCUT2D eigenvalue weighted by Gasteiger charge is -2.18. The third-order valence-electron chi connectivity index (χ3n) is 19.3. The average molecular weight is 1230 g/mol. The van der Waals surface area contributed by atoms with Crippen LogP contribution in [0.1, 0.15) is 357 Å². The molecule has 2 saturated heterocycles. The molecule has 88 heavy (non-hydrogen) atoms. The summed E-state index contributed by atoms with van der Waals surface area (Å²) >= 11 is 0. The minimum atomic E-state index is -0.663. The van der Waals surface area contributed by atoms with Gasteiger partial charge < -0.3 is 31.1 Å². The normalized spacial score (nSPS) is 16.5. The molecule has 0 radical (unpaired) electrons. The summed E-state index contributed by atoms with van der Waals surface area (Å²) in [6.45, 7) is 11.8. The van der Waals surface area contributed by atoms with Gasteiger partial charge in [0, 0.05) is 63.5 Å². The number of nitrogens with zero attached hydrogens (tertiary/aromatic N) is 2. The molecular formula is C76H136N6O6. The number of amides is 6. The van der Waals surface area contributed by atoms with Crippen molar-refractivity contribution in [1.29, 1.82) is 0 Å². The minimum Gasteiger partial charge on any atom is -0.356 e. The summed E-state index contributed by atoms with van der Waals surface area (Å²) in [5.74, 6) is -3.94. The van der Waals surface area contributed by atoms with Gasteiger partial charge in [-0.05, 0) is 49.9 Å². The third kappa shape index (κ3) is 36.2. The quantitative estimate of drug-likeness (QED) is 0.0476. The first-order chi connectivity index (χ1) is 43.2. The van der Waals surface area contributed by atoms with Crippen molar-refractivity contribution in [2.75, 3.05) is 52.4 Å². The molecule has 4 atom stereocenters. The summed E-state index contributed by atoms with van der Waals surface area (Å²) in [4.78, 5) is 87.5. The Labute approximate surface area is 540 Å². The standard InChI is InChI=1S/C76H136N6O6/c1-5-9-13-17-21-25-29-33-37-41-45-49-57-77-71(83)67-61-81(62-68(67)72(84)78-58-50-46-42-38-34-30-26-22-18-14-10-6-2)75(87)65-53-55-66(56-54-65)76(88)82-63-69(73(85)79-59-51-47-43-39-35-31-27-23-19-15-11-7-3)70(64-82)74(86)80-60-52-48-44-40-36-32-28-24-20-16-12-8-4/h53-56,67-70H,5-52,57-64H2,1-4H3,(H,77,83)(H,78,84)(H,79,85)(H,80,86)/t67-,68-,69-,70-/m1/s1. The number of nitrogens with one attached hydrogen (secondary N) is 4. The maximum Gasteiger partial charge on any atom is 0.253 e. The van der Waals surface area contributed by atoms with Gasteiger partial charge in [-0.3, -0.25) is 28.8 Å². The van der Waals surface area contributed by atoms with Crippen LogP contribution < -0.4 is 21.3 Å². The molecule has 6 amide bonds. The van der Waals surface area contributed by atoms with Gasteiger partial charge in [0.2, 0.25) is 23.6 Å². The smallest absolute Gasteiger partial charge is 0.253 e. The maximum absolute atomic E-state index is 14.3. The molecule has 1 aromatic carbocycles. The Morgan fingerprint density at radius 3 is 0.568 bits per heavy atom. The second kappa shape index (κ2) is 53.7. The molecule has 0 aromatic heterocycles. The van der Waals surface area contributed by atoms with Gasteiger partial charge in [0.1, 0.15) is 0 Å². The topological polar surface area (TPSA) is 157 Å². The number of rotatable bonds is 58. The van der Waals surface area contributed by atoms with E-state index in [9.17, 15) is 28.8 Å². The summed E-state index contributed by atoms with van der Waals surface area (Å²) in [6.07, 6.45) is 59.5. The number of carbonyl (C=O) groups is 6. The molecular weight excluding hydrogens is 1090 g/mol. The first-order valence-corrected chi connectivity index (χ1v) is 38.0. The molecule has 2 heterocycles. The molecule has 506 valence electrons. The van der Waals surface area contributed by atoms with Crippen LogP contribution >= 0.6 is 0 Å². The fraction of sp³-hybridized carbons (Fsp3) is 0.842. The van der Waals surface area contributed by atoms with Crippen LogP contribution in [0.3, 0.4) is 0 Å². The van der Waals surface area contributed by atoms with E-state index in [0.29, 0.717) is 37.3 Å². The van der Waals surface area contributed by atoms with E-state index in [0.717, 1.165) is 77.0 Å². The van der Waals surface area contributed by atoms with E-state index in [1.807, 2.05) is 0 Å². The Morgan fingerprint density at radius 2 is 0.409 bits per heavy atom. The van der Waals surface area contributed by atoms with Crippen LogP contribution in [0, 0.1) is 23.7 Å². The largest absolute Gasteiger partial charge is 0.356 e. The van der Waals surface area contributed by atoms with Gasteiger partial charge in [-0.2, -0.15) is 0 Å². The number of hydrogen-bond acceptors (Lipinski definition) is 6. The second-order valence-corrected chi connectivity index (χ2v) is 27.1. The van der Waals surface area contributed by atoms with Gasteiger partial charge in [-0.1, -0.05) is 310 Å². The molecule has 0 saturated carbocycles. The molecule has 2 fully saturated rings. The average Bonchev–Trinajstić information content (AvgIpc) is 4.41. The zero-order valence-electron chi connectivity index (χ0n) is 57.6. The summed E-state index contributed by atoms with van der Waals surface area (Å²) in [5, 5.41) is 12.6. The fourth-order valence-electron chi connectivity index (χ4n) is 13.4. The highest BCUT2D eigenvalue weighted by atomic mass is 16.2. The highest BCUT2D eigenvalue weighted by molar-refractivity contribution is 6.00. The van der Waals surface area contributed by atoms with Crippen molar-refractivity contribution in [2.24, 2.45) is 23.7 Å². The van der Waals surface area contributed by atoms with Gasteiger partial charge in [0.05, 0.1) is 23.7 Å². The summed E-state index contributed by atoms with van der Waals surface area (Å²) in [5.41, 5.74) is 0.743. The van der Waals surface area contributed by atoms with E-state index >= 15 is 0 Å². The molecule has 2 aliphatic rings. The molecule has 4 N–H and O–H groups in total. The molecule has 0 aliphatic carbocycles. The van der Waals surface area contributed by atoms with Crippen molar-refractivity contribution < 1.29 is 28.8 Å². The van der Waals surface area contributed by atoms with Gasteiger partial charge >= 0.3 is 0 Å². The van der Waals surface area contributed by atoms with Gasteiger partial charge in [-0.25, -0.2) is 0 Å². The summed E-state index contributed by atoms with van der Waals surface area (Å²) in [6, 6.07) is 6.58. The van der Waals surface area contributed by atoms with Crippen LogP contribution in [0.4, 0.5) is 0 Å². The SMILES string of the molecule is CCCCCCCCCCCCCCNC(=O)[C@@H]1CN(C(=O)c2ccc(C(=O)N3C[C@@H](C(=O)NCCCCCCCCCCCCCC)[C@H](C(=O)NCCCCCCCCCCCCCC)C3)cc2)C[C@H]1C(=O)NCCCCCCCCCCCCCC. The monoisotopic (exact) mass is 1230 g/mol. The second-order valence-electron chi connectivity index (χ2n) is 27.1. The molecule has 2 aliphatic heterocycles. The van der Waals surface area contributed by atoms with E-state index in [1.165, 1.54) is 231 Å². The Bertz CT molecular complexity index is 1690. The number of unbranched alkanes of at least 4 members (excludes halogenated alkanes) is 44. The Kier molecular flexibility index (Phi) is 47.8. The Balaban J connectivity index is 1.58. The number of hydrogen-bond donors (Lipinski definition) is 4. The zero-order chi connectivity index (χ0) is 63.3. The lowest BCUT2D eigenvalue weighted by atomic mass is 9.94. The van der Waals surface area contributed by atoms with Gasteiger partial charge in [0.15, 0.2) is 0 Å². The molecule has 0 unspecified atom stereocenters. The van der Waals surface area contributed by atoms with Crippen LogP contribution in [-0.2, 0) is 19.2 Å². The van der Waals surface area contributed by atoms with Gasteiger partial charge in [-0.15, -0.1) is 0 Å². The van der Waals surface area contributed by atoms with E-state index in [1.54, 1.807) is 34.1 Å². The first kappa shape index (κ1) is 78.3. The number of likely N-dealkylation sites (tertiary alicyclic amines) is 2. The molecule has 0 bridgehead atoms. The highest BCUT2D eigenvalue weighted by Crippen LogP contribution is 2.29. The van der Waals surface area contributed by atoms with Crippen molar-refractivity contribution in [3.8, 4) is 0 Å². The lowest BCUT2D eigenvalue weighted by molar-refractivity contribution is -0.132. The van der Waals surface area contributed by atoms with E-state index in [2.05, 4.69) is 49.0 Å². The number of carbonyl (C=O) groups excluding carboxylic acids is 6. The van der Waals surface area contributed by atoms with Crippen LogP contribution in [0.2, 0.25) is 0 Å². The highest BCUT2D eigenvalue weighted by Gasteiger charge is 2.45. The molecule has 1 aromatic rings. The molecule has 0 spiro atoms. The van der Waals surface area contributed by atoms with E-state index < -0.39 is 23.7 Å². The van der Waals surface area contributed by atoms with Crippen LogP contribution in [0.5, 0.6) is 0 Å². The predicted octanol–water partition coefficient (Wildman–Crippen LogP) is 18.3. The molecule has 12 nitrogen and oxygen atoms in total. The minimum absolute atomic E-state index is 0.139. The van der Waals surface area contributed by atoms with Crippen molar-refractivity contribution >= 4 is 35.4 Å². The van der Waals surface area contributed by atoms with Crippen LogP contribution in [0.25, 0.3) is 0 Å². The fourth-order valence-corrected chi connectivity index (χ4v) is 13.4. The predicted molar refractivity (Wildman–Crippen MR) is 369 cm³/mol. The van der Waals surface area contributed by atoms with Crippen molar-refractivity contribution in [3.63, 3.8) is 0 Å². The van der Waals surface area contributed by atoms with Crippen LogP contribution in [0.15, 0.2) is 24.3 Å². The number of benzene rings is 1.